The molecule has 6 nitrogen and oxygen atoms in total. The van der Waals surface area contributed by atoms with E-state index < -0.39 is 11.6 Å². The molecule has 0 aromatic heterocycles. The van der Waals surface area contributed by atoms with Crippen LogP contribution in [-0.2, 0) is 4.79 Å². The van der Waals surface area contributed by atoms with Crippen molar-refractivity contribution in [1.29, 1.82) is 5.26 Å². The smallest absolute Gasteiger partial charge is 0.243 e. The molecule has 1 aliphatic heterocycles. The molecule has 2 N–H and O–H groups in total. The Morgan fingerprint density at radius 1 is 1.25 bits per heavy atom. The van der Waals surface area contributed by atoms with Crippen LogP contribution in [0.2, 0.25) is 0 Å². The number of hydrogen-bond donors (Lipinski definition) is 2. The molecular formula is C22H35N5O. The standard InChI is InChI=1S/C22H35N5O/c1-7-26-10-12-27(13-11-26)19-8-9-20(17(4)14-19)24-18(5)21(28)25-22(6,15-23)16(2)3/h8-9,14,16,18,24H,7,10-13H2,1-6H3,(H,25,28)/t18-,22+/m1/s1. The SMILES string of the molecule is CCN1CCN(c2ccc(N[C@H](C)C(=O)N[C@@](C)(C#N)C(C)C)c(C)c2)CC1. The molecule has 1 fully saturated rings. The molecule has 0 bridgehead atoms. The maximum atomic E-state index is 12.6. The van der Waals surface area contributed by atoms with E-state index in [1.54, 1.807) is 6.92 Å². The molecule has 28 heavy (non-hydrogen) atoms. The summed E-state index contributed by atoms with van der Waals surface area (Å²) >= 11 is 0. The van der Waals surface area contributed by atoms with E-state index in [1.165, 1.54) is 5.69 Å². The van der Waals surface area contributed by atoms with E-state index in [4.69, 9.17) is 0 Å². The molecule has 0 aliphatic carbocycles. The summed E-state index contributed by atoms with van der Waals surface area (Å²) in [6.45, 7) is 17.1. The lowest BCUT2D eigenvalue weighted by atomic mass is 9.90. The zero-order chi connectivity index (χ0) is 20.9. The molecule has 1 aromatic rings. The van der Waals surface area contributed by atoms with Crippen LogP contribution in [0.25, 0.3) is 0 Å². The number of likely N-dealkylation sites (N-methyl/N-ethyl adjacent to an activating group) is 1. The number of hydrogen-bond acceptors (Lipinski definition) is 5. The molecule has 0 saturated carbocycles. The number of rotatable bonds is 7. The van der Waals surface area contributed by atoms with Crippen LogP contribution in [-0.4, -0.2) is 55.1 Å². The highest BCUT2D eigenvalue weighted by Gasteiger charge is 2.31. The van der Waals surface area contributed by atoms with Crippen LogP contribution in [0.3, 0.4) is 0 Å². The molecule has 2 rings (SSSR count). The number of piperazine rings is 1. The number of nitrogens with one attached hydrogen (secondary N) is 2. The van der Waals surface area contributed by atoms with Crippen molar-refractivity contribution in [2.24, 2.45) is 5.92 Å². The summed E-state index contributed by atoms with van der Waals surface area (Å²) in [5.74, 6) is -0.139. The summed E-state index contributed by atoms with van der Waals surface area (Å²) in [7, 11) is 0. The number of aryl methyl sites for hydroxylation is 1. The molecule has 0 radical (unpaired) electrons. The van der Waals surface area contributed by atoms with Gasteiger partial charge in [-0.1, -0.05) is 20.8 Å². The minimum absolute atomic E-state index is 0.0304. The fraction of sp³-hybridized carbons (Fsp3) is 0.636. The van der Waals surface area contributed by atoms with Crippen LogP contribution in [0, 0.1) is 24.2 Å². The quantitative estimate of drug-likeness (QED) is 0.755. The van der Waals surface area contributed by atoms with E-state index in [-0.39, 0.29) is 11.8 Å². The summed E-state index contributed by atoms with van der Waals surface area (Å²) in [5, 5.41) is 15.6. The molecule has 1 aromatic carbocycles. The Morgan fingerprint density at radius 2 is 1.89 bits per heavy atom. The Balaban J connectivity index is 2.01. The van der Waals surface area contributed by atoms with Gasteiger partial charge in [-0.2, -0.15) is 5.26 Å². The summed E-state index contributed by atoms with van der Waals surface area (Å²) in [5.41, 5.74) is 2.42. The van der Waals surface area contributed by atoms with Gasteiger partial charge in [-0.05, 0) is 57.0 Å². The third kappa shape index (κ3) is 5.17. The summed E-state index contributed by atoms with van der Waals surface area (Å²) < 4.78 is 0. The normalized spacial score (nSPS) is 18.3. The van der Waals surface area contributed by atoms with Gasteiger partial charge in [0.2, 0.25) is 5.91 Å². The molecule has 0 spiro atoms. The van der Waals surface area contributed by atoms with Crippen molar-refractivity contribution in [2.75, 3.05) is 42.9 Å². The van der Waals surface area contributed by atoms with Crippen LogP contribution in [0.1, 0.15) is 40.2 Å². The van der Waals surface area contributed by atoms with E-state index in [0.717, 1.165) is 44.0 Å². The van der Waals surface area contributed by atoms with Gasteiger partial charge in [0.25, 0.3) is 0 Å². The maximum absolute atomic E-state index is 12.6. The molecule has 1 saturated heterocycles. The predicted molar refractivity (Wildman–Crippen MR) is 116 cm³/mol. The Morgan fingerprint density at radius 3 is 2.39 bits per heavy atom. The zero-order valence-electron chi connectivity index (χ0n) is 18.2. The van der Waals surface area contributed by atoms with E-state index in [1.807, 2.05) is 26.8 Å². The fourth-order valence-corrected chi connectivity index (χ4v) is 3.29. The first-order valence-electron chi connectivity index (χ1n) is 10.3. The Labute approximate surface area is 169 Å². The minimum atomic E-state index is -0.868. The highest BCUT2D eigenvalue weighted by Crippen LogP contribution is 2.24. The second-order valence-electron chi connectivity index (χ2n) is 8.24. The van der Waals surface area contributed by atoms with Gasteiger partial charge in [-0.3, -0.25) is 4.79 Å². The molecule has 0 unspecified atom stereocenters. The lowest BCUT2D eigenvalue weighted by Crippen LogP contribution is -2.53. The van der Waals surface area contributed by atoms with Gasteiger partial charge in [0, 0.05) is 37.6 Å². The van der Waals surface area contributed by atoms with Gasteiger partial charge >= 0.3 is 0 Å². The number of nitrogens with zero attached hydrogens (tertiary/aromatic N) is 3. The van der Waals surface area contributed by atoms with Gasteiger partial charge in [-0.15, -0.1) is 0 Å². The highest BCUT2D eigenvalue weighted by atomic mass is 16.2. The van der Waals surface area contributed by atoms with E-state index in [9.17, 15) is 10.1 Å². The second-order valence-corrected chi connectivity index (χ2v) is 8.24. The van der Waals surface area contributed by atoms with E-state index >= 15 is 0 Å². The Bertz CT molecular complexity index is 718. The Hall–Kier alpha value is -2.26. The summed E-state index contributed by atoms with van der Waals surface area (Å²) in [6, 6.07) is 8.15. The van der Waals surface area contributed by atoms with Crippen LogP contribution in [0.15, 0.2) is 18.2 Å². The fourth-order valence-electron chi connectivity index (χ4n) is 3.29. The van der Waals surface area contributed by atoms with Crippen LogP contribution < -0.4 is 15.5 Å². The second kappa shape index (κ2) is 9.29. The van der Waals surface area contributed by atoms with Crippen molar-refractivity contribution in [1.82, 2.24) is 10.2 Å². The van der Waals surface area contributed by atoms with Crippen LogP contribution in [0.4, 0.5) is 11.4 Å². The van der Waals surface area contributed by atoms with Gasteiger partial charge in [-0.25, -0.2) is 0 Å². The summed E-state index contributed by atoms with van der Waals surface area (Å²) in [4.78, 5) is 17.5. The van der Waals surface area contributed by atoms with Gasteiger partial charge < -0.3 is 20.4 Å². The number of benzene rings is 1. The van der Waals surface area contributed by atoms with Crippen molar-refractivity contribution in [3.63, 3.8) is 0 Å². The van der Waals surface area contributed by atoms with Crippen molar-refractivity contribution < 1.29 is 4.79 Å². The molecule has 2 atom stereocenters. The van der Waals surface area contributed by atoms with Crippen molar-refractivity contribution in [3.05, 3.63) is 23.8 Å². The number of amides is 1. The van der Waals surface area contributed by atoms with E-state index in [0.29, 0.717) is 0 Å². The average Bonchev–Trinajstić information content (AvgIpc) is 2.69. The van der Waals surface area contributed by atoms with Crippen LogP contribution in [0.5, 0.6) is 0 Å². The zero-order valence-corrected chi connectivity index (χ0v) is 18.2. The topological polar surface area (TPSA) is 71.4 Å². The first-order valence-corrected chi connectivity index (χ1v) is 10.3. The molecule has 6 heteroatoms. The van der Waals surface area contributed by atoms with Gasteiger partial charge in [0.15, 0.2) is 0 Å². The third-order valence-corrected chi connectivity index (χ3v) is 5.93. The minimum Gasteiger partial charge on any atom is -0.374 e. The highest BCUT2D eigenvalue weighted by molar-refractivity contribution is 5.85. The lowest BCUT2D eigenvalue weighted by Gasteiger charge is -2.35. The number of carbonyl (C=O) groups excluding carboxylic acids is 1. The Kier molecular flexibility index (Phi) is 7.31. The molecule has 1 amide bonds. The monoisotopic (exact) mass is 385 g/mol. The largest absolute Gasteiger partial charge is 0.374 e. The first-order chi connectivity index (χ1) is 13.2. The van der Waals surface area contributed by atoms with Crippen molar-refractivity contribution in [3.8, 4) is 6.07 Å². The molecular weight excluding hydrogens is 350 g/mol. The van der Waals surface area contributed by atoms with Crippen LogP contribution >= 0.6 is 0 Å². The third-order valence-electron chi connectivity index (χ3n) is 5.93. The molecule has 1 heterocycles. The molecule has 154 valence electrons. The summed E-state index contributed by atoms with van der Waals surface area (Å²) in [6.07, 6.45) is 0. The lowest BCUT2D eigenvalue weighted by molar-refractivity contribution is -0.123. The predicted octanol–water partition coefficient (Wildman–Crippen LogP) is 2.99. The van der Waals surface area contributed by atoms with E-state index in [2.05, 4.69) is 52.5 Å². The van der Waals surface area contributed by atoms with Crippen molar-refractivity contribution in [2.45, 2.75) is 53.1 Å². The van der Waals surface area contributed by atoms with Gasteiger partial charge in [0.1, 0.15) is 11.6 Å². The molecule has 1 aliphatic rings. The number of carbonyl (C=O) groups is 1. The average molecular weight is 386 g/mol. The number of anilines is 2. The van der Waals surface area contributed by atoms with Gasteiger partial charge in [0.05, 0.1) is 6.07 Å². The maximum Gasteiger partial charge on any atom is 0.243 e. The first kappa shape index (κ1) is 22.0. The number of nitriles is 1. The van der Waals surface area contributed by atoms with Crippen molar-refractivity contribution >= 4 is 17.3 Å².